The van der Waals surface area contributed by atoms with Crippen molar-refractivity contribution >= 4 is 11.7 Å². The summed E-state index contributed by atoms with van der Waals surface area (Å²) in [6.07, 6.45) is 1.64. The Labute approximate surface area is 122 Å². The first-order valence-electron chi connectivity index (χ1n) is 6.49. The number of aromatic nitrogens is 1. The van der Waals surface area contributed by atoms with Gasteiger partial charge in [0.15, 0.2) is 11.5 Å². The third-order valence-electron chi connectivity index (χ3n) is 3.27. The van der Waals surface area contributed by atoms with Gasteiger partial charge in [0.25, 0.3) is 5.91 Å². The predicted octanol–water partition coefficient (Wildman–Crippen LogP) is 1.55. The molecule has 1 aromatic heterocycles. The number of nitrogens with two attached hydrogens (primary N) is 1. The van der Waals surface area contributed by atoms with Gasteiger partial charge in [-0.3, -0.25) is 4.79 Å². The number of pyridine rings is 1. The third kappa shape index (κ3) is 2.60. The number of nitrogens with zero attached hydrogens (tertiary/aromatic N) is 2. The van der Waals surface area contributed by atoms with Gasteiger partial charge >= 0.3 is 0 Å². The van der Waals surface area contributed by atoms with Crippen molar-refractivity contribution in [1.82, 2.24) is 4.98 Å². The summed E-state index contributed by atoms with van der Waals surface area (Å²) in [5.41, 5.74) is 6.81. The Balaban J connectivity index is 1.83. The van der Waals surface area contributed by atoms with Crippen LogP contribution in [0.1, 0.15) is 15.9 Å². The van der Waals surface area contributed by atoms with Crippen molar-refractivity contribution in [2.45, 2.75) is 6.54 Å². The van der Waals surface area contributed by atoms with Gasteiger partial charge < -0.3 is 20.1 Å². The van der Waals surface area contributed by atoms with Gasteiger partial charge in [0.2, 0.25) is 6.79 Å². The number of amides is 1. The monoisotopic (exact) mass is 285 g/mol. The van der Waals surface area contributed by atoms with Crippen molar-refractivity contribution < 1.29 is 14.3 Å². The maximum absolute atomic E-state index is 11.5. The fourth-order valence-electron chi connectivity index (χ4n) is 2.28. The van der Waals surface area contributed by atoms with Gasteiger partial charge in [-0.1, -0.05) is 6.07 Å². The van der Waals surface area contributed by atoms with Crippen molar-refractivity contribution in [3.8, 4) is 11.5 Å². The quantitative estimate of drug-likeness (QED) is 0.922. The molecule has 0 saturated carbocycles. The molecule has 1 aromatic carbocycles. The number of carbonyl (C=O) groups excluding carboxylic acids is 1. The van der Waals surface area contributed by atoms with E-state index in [0.29, 0.717) is 17.9 Å². The first-order valence-corrected chi connectivity index (χ1v) is 6.49. The molecule has 0 bridgehead atoms. The maximum atomic E-state index is 11.5. The highest BCUT2D eigenvalue weighted by Gasteiger charge is 2.16. The second kappa shape index (κ2) is 5.32. The number of carbonyl (C=O) groups is 1. The number of hydrogen-bond donors (Lipinski definition) is 1. The average molecular weight is 285 g/mol. The highest BCUT2D eigenvalue weighted by atomic mass is 16.7. The molecule has 0 radical (unpaired) electrons. The first kappa shape index (κ1) is 13.2. The summed E-state index contributed by atoms with van der Waals surface area (Å²) in [6.45, 7) is 0.828. The van der Waals surface area contributed by atoms with Crippen molar-refractivity contribution in [3.63, 3.8) is 0 Å². The predicted molar refractivity (Wildman–Crippen MR) is 77.4 cm³/mol. The van der Waals surface area contributed by atoms with E-state index in [2.05, 4.69) is 4.98 Å². The SMILES string of the molecule is CN(Cc1ccc2c(c1)OCO2)c1ncccc1C(N)=O. The van der Waals surface area contributed by atoms with Crippen LogP contribution in [0.2, 0.25) is 0 Å². The zero-order valence-corrected chi connectivity index (χ0v) is 11.6. The standard InChI is InChI=1S/C15H15N3O3/c1-18(15-11(14(16)19)3-2-6-17-15)8-10-4-5-12-13(7-10)21-9-20-12/h2-7H,8-9H2,1H3,(H2,16,19). The normalized spacial score (nSPS) is 12.2. The molecule has 1 amide bonds. The number of primary amides is 1. The average Bonchev–Trinajstić information content (AvgIpc) is 2.94. The second-order valence-corrected chi connectivity index (χ2v) is 4.78. The van der Waals surface area contributed by atoms with E-state index < -0.39 is 5.91 Å². The van der Waals surface area contributed by atoms with Crippen LogP contribution >= 0.6 is 0 Å². The van der Waals surface area contributed by atoms with E-state index in [9.17, 15) is 4.79 Å². The summed E-state index contributed by atoms with van der Waals surface area (Å²) < 4.78 is 10.6. The van der Waals surface area contributed by atoms with Crippen LogP contribution in [0.3, 0.4) is 0 Å². The lowest BCUT2D eigenvalue weighted by Gasteiger charge is -2.20. The van der Waals surface area contributed by atoms with E-state index in [-0.39, 0.29) is 6.79 Å². The molecule has 108 valence electrons. The molecule has 21 heavy (non-hydrogen) atoms. The van der Waals surface area contributed by atoms with Crippen molar-refractivity contribution in [2.24, 2.45) is 5.73 Å². The highest BCUT2D eigenvalue weighted by molar-refractivity contribution is 5.97. The number of benzene rings is 1. The number of hydrogen-bond acceptors (Lipinski definition) is 5. The number of anilines is 1. The summed E-state index contributed by atoms with van der Waals surface area (Å²) in [5, 5.41) is 0. The zero-order valence-electron chi connectivity index (χ0n) is 11.6. The summed E-state index contributed by atoms with van der Waals surface area (Å²) in [6, 6.07) is 9.11. The van der Waals surface area contributed by atoms with Crippen LogP contribution < -0.4 is 20.1 Å². The number of ether oxygens (including phenoxy) is 2. The number of fused-ring (bicyclic) bond motifs is 1. The van der Waals surface area contributed by atoms with E-state index >= 15 is 0 Å². The van der Waals surface area contributed by atoms with E-state index in [1.165, 1.54) is 0 Å². The lowest BCUT2D eigenvalue weighted by Crippen LogP contribution is -2.23. The van der Waals surface area contributed by atoms with Crippen LogP contribution in [0, 0.1) is 0 Å². The zero-order chi connectivity index (χ0) is 14.8. The van der Waals surface area contributed by atoms with Crippen molar-refractivity contribution in [2.75, 3.05) is 18.7 Å². The minimum Gasteiger partial charge on any atom is -0.454 e. The fourth-order valence-corrected chi connectivity index (χ4v) is 2.28. The lowest BCUT2D eigenvalue weighted by molar-refractivity contribution is 0.100. The summed E-state index contributed by atoms with van der Waals surface area (Å²) in [5.74, 6) is 1.55. The van der Waals surface area contributed by atoms with Crippen molar-refractivity contribution in [3.05, 3.63) is 47.7 Å². The van der Waals surface area contributed by atoms with Gasteiger partial charge in [-0.05, 0) is 29.8 Å². The lowest BCUT2D eigenvalue weighted by atomic mass is 10.1. The molecule has 3 rings (SSSR count). The minimum atomic E-state index is -0.490. The van der Waals surface area contributed by atoms with Crippen LogP contribution in [0.5, 0.6) is 11.5 Å². The smallest absolute Gasteiger partial charge is 0.252 e. The van der Waals surface area contributed by atoms with E-state index in [0.717, 1.165) is 17.1 Å². The highest BCUT2D eigenvalue weighted by Crippen LogP contribution is 2.33. The summed E-state index contributed by atoms with van der Waals surface area (Å²) >= 11 is 0. The Morgan fingerprint density at radius 2 is 2.14 bits per heavy atom. The fraction of sp³-hybridized carbons (Fsp3) is 0.200. The maximum Gasteiger partial charge on any atom is 0.252 e. The Bertz CT molecular complexity index is 688. The summed E-state index contributed by atoms with van der Waals surface area (Å²) in [7, 11) is 1.86. The second-order valence-electron chi connectivity index (χ2n) is 4.78. The van der Waals surface area contributed by atoms with Gasteiger partial charge in [-0.2, -0.15) is 0 Å². The van der Waals surface area contributed by atoms with Crippen LogP contribution in [-0.2, 0) is 6.54 Å². The molecule has 0 spiro atoms. The molecular formula is C15H15N3O3. The van der Waals surface area contributed by atoms with Gasteiger partial charge in [0.1, 0.15) is 5.82 Å². The topological polar surface area (TPSA) is 77.7 Å². The van der Waals surface area contributed by atoms with Gasteiger partial charge in [0.05, 0.1) is 5.56 Å². The molecule has 6 heteroatoms. The van der Waals surface area contributed by atoms with Gasteiger partial charge in [0, 0.05) is 19.8 Å². The Morgan fingerprint density at radius 1 is 1.33 bits per heavy atom. The first-order chi connectivity index (χ1) is 10.1. The van der Waals surface area contributed by atoms with E-state index in [4.69, 9.17) is 15.2 Å². The van der Waals surface area contributed by atoms with Crippen LogP contribution in [0.15, 0.2) is 36.5 Å². The Hall–Kier alpha value is -2.76. The van der Waals surface area contributed by atoms with E-state index in [1.807, 2.05) is 30.1 Å². The van der Waals surface area contributed by atoms with Crippen LogP contribution in [-0.4, -0.2) is 24.7 Å². The molecule has 0 fully saturated rings. The molecule has 1 aliphatic heterocycles. The summed E-state index contributed by atoms with van der Waals surface area (Å²) in [4.78, 5) is 17.6. The molecule has 2 heterocycles. The molecule has 6 nitrogen and oxygen atoms in total. The van der Waals surface area contributed by atoms with Crippen LogP contribution in [0.4, 0.5) is 5.82 Å². The van der Waals surface area contributed by atoms with E-state index in [1.54, 1.807) is 18.3 Å². The van der Waals surface area contributed by atoms with Crippen molar-refractivity contribution in [1.29, 1.82) is 0 Å². The molecule has 2 aromatic rings. The van der Waals surface area contributed by atoms with Gasteiger partial charge in [-0.25, -0.2) is 4.98 Å². The molecular weight excluding hydrogens is 270 g/mol. The largest absolute Gasteiger partial charge is 0.454 e. The molecule has 1 aliphatic rings. The third-order valence-corrected chi connectivity index (χ3v) is 3.27. The Kier molecular flexibility index (Phi) is 3.35. The van der Waals surface area contributed by atoms with Crippen LogP contribution in [0.25, 0.3) is 0 Å². The van der Waals surface area contributed by atoms with Gasteiger partial charge in [-0.15, -0.1) is 0 Å². The molecule has 0 unspecified atom stereocenters. The number of rotatable bonds is 4. The minimum absolute atomic E-state index is 0.251. The Morgan fingerprint density at radius 3 is 2.95 bits per heavy atom. The molecule has 0 saturated heterocycles. The molecule has 0 aliphatic carbocycles. The molecule has 0 atom stereocenters. The molecule has 2 N–H and O–H groups in total.